The summed E-state index contributed by atoms with van der Waals surface area (Å²) in [5.74, 6) is 0.521. The van der Waals surface area contributed by atoms with Crippen LogP contribution in [0, 0.1) is 11.8 Å². The van der Waals surface area contributed by atoms with Crippen LogP contribution >= 0.6 is 23.1 Å². The monoisotopic (exact) mass is 384 g/mol. The number of likely N-dealkylation sites (tertiary alicyclic amines) is 1. The van der Waals surface area contributed by atoms with Crippen molar-refractivity contribution in [2.45, 2.75) is 10.8 Å². The lowest BCUT2D eigenvalue weighted by Gasteiger charge is -2.26. The summed E-state index contributed by atoms with van der Waals surface area (Å²) in [6, 6.07) is 0. The fourth-order valence-electron chi connectivity index (χ4n) is 3.74. The normalized spacial score (nSPS) is 26.1. The Balaban J connectivity index is 1.60. The number of hydrogen-bond acceptors (Lipinski definition) is 7. The number of aliphatic hydroxyl groups excluding tert-OH is 1. The van der Waals surface area contributed by atoms with Crippen LogP contribution in [0.3, 0.4) is 0 Å². The summed E-state index contributed by atoms with van der Waals surface area (Å²) in [5, 5.41) is 11.6. The van der Waals surface area contributed by atoms with Gasteiger partial charge in [0.15, 0.2) is 0 Å². The lowest BCUT2D eigenvalue weighted by atomic mass is 9.96. The highest BCUT2D eigenvalue weighted by molar-refractivity contribution is 8.00. The largest absolute Gasteiger partial charge is 0.396 e. The Morgan fingerprint density at radius 1 is 1.32 bits per heavy atom. The van der Waals surface area contributed by atoms with E-state index < -0.39 is 0 Å². The van der Waals surface area contributed by atoms with Crippen molar-refractivity contribution >= 4 is 29.0 Å². The maximum Gasteiger partial charge on any atom is 0.273 e. The van der Waals surface area contributed by atoms with Crippen molar-refractivity contribution in [2.24, 2.45) is 11.8 Å². The molecule has 140 valence electrons. The molecule has 0 spiro atoms. The van der Waals surface area contributed by atoms with Crippen LogP contribution in [-0.2, 0) is 0 Å². The van der Waals surface area contributed by atoms with Gasteiger partial charge in [-0.3, -0.25) is 4.79 Å². The van der Waals surface area contributed by atoms with Crippen LogP contribution in [0.1, 0.15) is 16.9 Å². The number of aliphatic hydroxyl groups is 1. The first-order valence-corrected chi connectivity index (χ1v) is 11.0. The molecular formula is C17H28N4O2S2. The number of aromatic nitrogens is 1. The van der Waals surface area contributed by atoms with E-state index in [4.69, 9.17) is 0 Å². The van der Waals surface area contributed by atoms with E-state index in [2.05, 4.69) is 21.8 Å². The van der Waals surface area contributed by atoms with E-state index in [0.717, 1.165) is 43.6 Å². The van der Waals surface area contributed by atoms with Crippen LogP contribution in [0.4, 0.5) is 0 Å². The average molecular weight is 385 g/mol. The molecule has 0 aliphatic carbocycles. The van der Waals surface area contributed by atoms with Gasteiger partial charge in [0.2, 0.25) is 0 Å². The van der Waals surface area contributed by atoms with E-state index in [1.165, 1.54) is 17.8 Å². The molecule has 2 saturated heterocycles. The predicted octanol–water partition coefficient (Wildman–Crippen LogP) is 1.18. The molecule has 3 rings (SSSR count). The molecule has 8 heteroatoms. The van der Waals surface area contributed by atoms with E-state index in [-0.39, 0.29) is 18.4 Å². The Morgan fingerprint density at radius 2 is 2.12 bits per heavy atom. The Hall–Kier alpha value is -0.670. The van der Waals surface area contributed by atoms with Gasteiger partial charge in [-0.05, 0) is 38.7 Å². The molecular weight excluding hydrogens is 356 g/mol. The lowest BCUT2D eigenvalue weighted by molar-refractivity contribution is 0.0773. The highest BCUT2D eigenvalue weighted by Crippen LogP contribution is 2.27. The molecule has 1 N–H and O–H groups in total. The Labute approximate surface area is 158 Å². The quantitative estimate of drug-likeness (QED) is 0.770. The lowest BCUT2D eigenvalue weighted by Crippen LogP contribution is -2.36. The molecule has 0 saturated carbocycles. The topological polar surface area (TPSA) is 59.9 Å². The number of rotatable bonds is 5. The summed E-state index contributed by atoms with van der Waals surface area (Å²) in [6.45, 7) is 6.90. The van der Waals surface area contributed by atoms with Crippen LogP contribution in [0.25, 0.3) is 0 Å². The van der Waals surface area contributed by atoms with Gasteiger partial charge in [-0.15, -0.1) is 11.3 Å². The van der Waals surface area contributed by atoms with Gasteiger partial charge in [0, 0.05) is 50.6 Å². The summed E-state index contributed by atoms with van der Waals surface area (Å²) in [7, 11) is 2.17. The number of hydrogen-bond donors (Lipinski definition) is 1. The van der Waals surface area contributed by atoms with Crippen LogP contribution < -0.4 is 0 Å². The van der Waals surface area contributed by atoms with Crippen molar-refractivity contribution in [3.63, 3.8) is 0 Å². The van der Waals surface area contributed by atoms with E-state index in [9.17, 15) is 9.90 Å². The summed E-state index contributed by atoms with van der Waals surface area (Å²) >= 11 is 3.08. The summed E-state index contributed by atoms with van der Waals surface area (Å²) in [6.07, 6.45) is 3.16. The minimum atomic E-state index is 0.00750. The fraction of sp³-hybridized carbons (Fsp3) is 0.765. The Kier molecular flexibility index (Phi) is 6.73. The van der Waals surface area contributed by atoms with Crippen LogP contribution in [0.2, 0.25) is 0 Å². The van der Waals surface area contributed by atoms with Gasteiger partial charge in [0.25, 0.3) is 5.91 Å². The number of carbonyl (C=O) groups excluding carboxylic acids is 1. The van der Waals surface area contributed by atoms with Gasteiger partial charge < -0.3 is 19.8 Å². The summed E-state index contributed by atoms with van der Waals surface area (Å²) in [5.41, 5.74) is 0.545. The molecule has 25 heavy (non-hydrogen) atoms. The first-order chi connectivity index (χ1) is 12.1. The third-order valence-corrected chi connectivity index (χ3v) is 7.14. The van der Waals surface area contributed by atoms with Crippen molar-refractivity contribution in [2.75, 3.05) is 65.7 Å². The van der Waals surface area contributed by atoms with Crippen LogP contribution in [0.15, 0.2) is 9.72 Å². The van der Waals surface area contributed by atoms with Gasteiger partial charge in [-0.2, -0.15) is 0 Å². The van der Waals surface area contributed by atoms with Gasteiger partial charge in [0.1, 0.15) is 10.0 Å². The highest BCUT2D eigenvalue weighted by Gasteiger charge is 2.36. The highest BCUT2D eigenvalue weighted by atomic mass is 32.2. The van der Waals surface area contributed by atoms with Crippen molar-refractivity contribution in [1.82, 2.24) is 19.7 Å². The van der Waals surface area contributed by atoms with Crippen molar-refractivity contribution in [3.8, 4) is 0 Å². The predicted molar refractivity (Wildman–Crippen MR) is 102 cm³/mol. The van der Waals surface area contributed by atoms with Gasteiger partial charge in [0.05, 0.1) is 0 Å². The first kappa shape index (κ1) is 19.1. The average Bonchev–Trinajstić information content (AvgIpc) is 3.20. The third-order valence-electron chi connectivity index (χ3n) is 5.28. The number of carbonyl (C=O) groups is 1. The summed E-state index contributed by atoms with van der Waals surface area (Å²) in [4.78, 5) is 23.9. The molecule has 0 bridgehead atoms. The second kappa shape index (κ2) is 8.81. The van der Waals surface area contributed by atoms with Gasteiger partial charge in [-0.1, -0.05) is 11.8 Å². The summed E-state index contributed by atoms with van der Waals surface area (Å²) < 4.78 is 0.923. The zero-order valence-electron chi connectivity index (χ0n) is 15.1. The van der Waals surface area contributed by atoms with Gasteiger partial charge in [-0.25, -0.2) is 4.98 Å². The molecule has 1 amide bonds. The van der Waals surface area contributed by atoms with Crippen molar-refractivity contribution in [3.05, 3.63) is 11.1 Å². The number of amides is 1. The minimum absolute atomic E-state index is 0.00750. The van der Waals surface area contributed by atoms with Crippen LogP contribution in [-0.4, -0.2) is 96.4 Å². The number of thioether (sulfide) groups is 1. The second-order valence-electron chi connectivity index (χ2n) is 7.07. The molecule has 3 heterocycles. The number of nitrogens with zero attached hydrogens (tertiary/aromatic N) is 4. The Bertz CT molecular complexity index is 583. The molecule has 2 atom stereocenters. The molecule has 0 radical (unpaired) electrons. The first-order valence-electron chi connectivity index (χ1n) is 8.91. The molecule has 2 aliphatic heterocycles. The molecule has 6 nitrogen and oxygen atoms in total. The molecule has 0 aromatic carbocycles. The van der Waals surface area contributed by atoms with E-state index >= 15 is 0 Å². The van der Waals surface area contributed by atoms with Crippen molar-refractivity contribution < 1.29 is 9.90 Å². The zero-order chi connectivity index (χ0) is 17.8. The number of thiazole rings is 1. The SMILES string of the molecule is CSc1nc(C(=O)N2C[C@@H](CN3CCCN(C)CC3)[C@@H](CO)C2)cs1. The maximum atomic E-state index is 12.7. The van der Waals surface area contributed by atoms with Gasteiger partial charge >= 0.3 is 0 Å². The maximum absolute atomic E-state index is 12.7. The molecule has 1 aromatic heterocycles. The van der Waals surface area contributed by atoms with Crippen molar-refractivity contribution in [1.29, 1.82) is 0 Å². The van der Waals surface area contributed by atoms with E-state index in [1.807, 2.05) is 16.5 Å². The minimum Gasteiger partial charge on any atom is -0.396 e. The standard InChI is InChI=1S/C17H28N4O2S2/c1-19-4-3-5-20(7-6-19)8-13-9-21(10-14(13)11-22)16(23)15-12-25-17(18-15)24-2/h12-14,22H,3-11H2,1-2H3/t13-,14-/m1/s1. The molecule has 0 unspecified atom stereocenters. The van der Waals surface area contributed by atoms with E-state index in [1.54, 1.807) is 11.8 Å². The smallest absolute Gasteiger partial charge is 0.273 e. The zero-order valence-corrected chi connectivity index (χ0v) is 16.7. The number of likely N-dealkylation sites (N-methyl/N-ethyl adjacent to an activating group) is 1. The van der Waals surface area contributed by atoms with E-state index in [0.29, 0.717) is 18.2 Å². The molecule has 2 fully saturated rings. The molecule has 2 aliphatic rings. The molecule has 1 aromatic rings. The second-order valence-corrected chi connectivity index (χ2v) is 8.98. The Morgan fingerprint density at radius 3 is 2.84 bits per heavy atom. The third kappa shape index (κ3) is 4.74. The fourth-order valence-corrected chi connectivity index (χ4v) is 4.98. The van der Waals surface area contributed by atoms with Crippen LogP contribution in [0.5, 0.6) is 0 Å².